The predicted molar refractivity (Wildman–Crippen MR) is 78.5 cm³/mol. The Morgan fingerprint density at radius 3 is 3.10 bits per heavy atom. The summed E-state index contributed by atoms with van der Waals surface area (Å²) in [4.78, 5) is 14.5. The number of hydrogen-bond donors (Lipinski definition) is 1. The van der Waals surface area contributed by atoms with Crippen molar-refractivity contribution in [1.29, 1.82) is 0 Å². The number of ether oxygens (including phenoxy) is 1. The fourth-order valence-electron chi connectivity index (χ4n) is 3.65. The molecule has 3 heterocycles. The predicted octanol–water partition coefficient (Wildman–Crippen LogP) is 0.393. The molecule has 2 aliphatic heterocycles. The van der Waals surface area contributed by atoms with Crippen molar-refractivity contribution < 1.29 is 9.53 Å². The van der Waals surface area contributed by atoms with Crippen LogP contribution in [0.25, 0.3) is 0 Å². The summed E-state index contributed by atoms with van der Waals surface area (Å²) in [5.74, 6) is 0.561. The minimum Gasteiger partial charge on any atom is -0.378 e. The van der Waals surface area contributed by atoms with Crippen molar-refractivity contribution in [2.24, 2.45) is 18.9 Å². The number of carbonyl (C=O) groups is 1. The molecule has 1 amide bonds. The summed E-state index contributed by atoms with van der Waals surface area (Å²) < 4.78 is 7.72. The number of piperidine rings is 1. The molecular weight excluding hydrogens is 268 g/mol. The Labute approximate surface area is 125 Å². The van der Waals surface area contributed by atoms with Crippen molar-refractivity contribution in [2.45, 2.75) is 25.5 Å². The van der Waals surface area contributed by atoms with E-state index in [4.69, 9.17) is 4.74 Å². The van der Waals surface area contributed by atoms with E-state index >= 15 is 0 Å². The maximum Gasteiger partial charge on any atom is 0.223 e. The van der Waals surface area contributed by atoms with E-state index in [1.165, 1.54) is 5.56 Å². The van der Waals surface area contributed by atoms with E-state index in [0.29, 0.717) is 12.5 Å². The molecule has 0 radical (unpaired) electrons. The van der Waals surface area contributed by atoms with Crippen LogP contribution in [0.2, 0.25) is 0 Å². The number of aryl methyl sites for hydroxylation is 1. The molecule has 6 heteroatoms. The fraction of sp³-hybridized carbons (Fsp3) is 0.733. The molecule has 1 aromatic heterocycles. The lowest BCUT2D eigenvalue weighted by Gasteiger charge is -2.44. The van der Waals surface area contributed by atoms with Crippen LogP contribution in [0.4, 0.5) is 0 Å². The number of nitrogens with one attached hydrogen (secondary N) is 1. The van der Waals surface area contributed by atoms with Gasteiger partial charge in [-0.1, -0.05) is 0 Å². The lowest BCUT2D eigenvalue weighted by Crippen LogP contribution is -2.52. The second-order valence-corrected chi connectivity index (χ2v) is 6.13. The summed E-state index contributed by atoms with van der Waals surface area (Å²) in [6.07, 6.45) is 6.06. The van der Waals surface area contributed by atoms with Gasteiger partial charge in [-0.05, 0) is 12.8 Å². The van der Waals surface area contributed by atoms with Gasteiger partial charge >= 0.3 is 0 Å². The van der Waals surface area contributed by atoms with Gasteiger partial charge in [-0.2, -0.15) is 5.10 Å². The summed E-state index contributed by atoms with van der Waals surface area (Å²) in [6.45, 7) is 3.56. The van der Waals surface area contributed by atoms with Crippen LogP contribution in [-0.4, -0.2) is 53.4 Å². The molecule has 2 aliphatic rings. The van der Waals surface area contributed by atoms with E-state index in [1.807, 2.05) is 17.9 Å². The number of fused-ring (bicyclic) bond motifs is 1. The molecule has 0 aromatic carbocycles. The molecule has 6 nitrogen and oxygen atoms in total. The maximum absolute atomic E-state index is 12.1. The van der Waals surface area contributed by atoms with Gasteiger partial charge in [-0.15, -0.1) is 0 Å². The first kappa shape index (κ1) is 14.5. The third kappa shape index (κ3) is 3.11. The number of likely N-dealkylation sites (tertiary alicyclic amines) is 1. The first-order valence-corrected chi connectivity index (χ1v) is 7.70. The Morgan fingerprint density at radius 2 is 2.38 bits per heavy atom. The highest BCUT2D eigenvalue weighted by Crippen LogP contribution is 2.33. The number of aromatic nitrogens is 2. The highest BCUT2D eigenvalue weighted by Gasteiger charge is 2.41. The number of nitrogens with zero attached hydrogens (tertiary/aromatic N) is 3. The molecule has 21 heavy (non-hydrogen) atoms. The molecule has 1 aromatic rings. The monoisotopic (exact) mass is 292 g/mol. The molecule has 116 valence electrons. The molecule has 0 spiro atoms. The van der Waals surface area contributed by atoms with Crippen molar-refractivity contribution in [3.63, 3.8) is 0 Å². The quantitative estimate of drug-likeness (QED) is 0.876. The lowest BCUT2D eigenvalue weighted by atomic mass is 9.79. The number of hydrogen-bond acceptors (Lipinski definition) is 4. The standard InChI is InChI=1S/C15H24N4O2/c1-16-15(20)12-4-6-21-14-3-5-19(10-13(12)14)9-11-7-17-18(2)8-11/h7-8,12-14H,3-6,9-10H2,1-2H3,(H,16,20)/t12-,13-,14-/m1/s1. The Bertz CT molecular complexity index is 502. The largest absolute Gasteiger partial charge is 0.378 e. The summed E-state index contributed by atoms with van der Waals surface area (Å²) in [5, 5.41) is 7.03. The molecular formula is C15H24N4O2. The van der Waals surface area contributed by atoms with Crippen LogP contribution in [0.15, 0.2) is 12.4 Å². The summed E-state index contributed by atoms with van der Waals surface area (Å²) in [7, 11) is 3.66. The second-order valence-electron chi connectivity index (χ2n) is 6.13. The SMILES string of the molecule is CNC(=O)[C@@H]1CCO[C@@H]2CCN(Cc3cnn(C)c3)C[C@@H]21. The van der Waals surface area contributed by atoms with Crippen LogP contribution < -0.4 is 5.32 Å². The fourth-order valence-corrected chi connectivity index (χ4v) is 3.65. The summed E-state index contributed by atoms with van der Waals surface area (Å²) >= 11 is 0. The number of rotatable bonds is 3. The minimum absolute atomic E-state index is 0.0884. The van der Waals surface area contributed by atoms with Crippen LogP contribution in [0, 0.1) is 11.8 Å². The van der Waals surface area contributed by atoms with Crippen LogP contribution in [0.3, 0.4) is 0 Å². The van der Waals surface area contributed by atoms with Gasteiger partial charge in [0.25, 0.3) is 0 Å². The topological polar surface area (TPSA) is 59.4 Å². The van der Waals surface area contributed by atoms with E-state index in [-0.39, 0.29) is 17.9 Å². The van der Waals surface area contributed by atoms with E-state index in [2.05, 4.69) is 21.5 Å². The molecule has 0 unspecified atom stereocenters. The van der Waals surface area contributed by atoms with Crippen molar-refractivity contribution >= 4 is 5.91 Å². The van der Waals surface area contributed by atoms with E-state index in [0.717, 1.165) is 32.5 Å². The smallest absolute Gasteiger partial charge is 0.223 e. The molecule has 3 rings (SSSR count). The van der Waals surface area contributed by atoms with Gasteiger partial charge in [-0.25, -0.2) is 0 Å². The molecule has 2 fully saturated rings. The third-order valence-electron chi connectivity index (χ3n) is 4.70. The van der Waals surface area contributed by atoms with Gasteiger partial charge in [0.05, 0.1) is 12.3 Å². The van der Waals surface area contributed by atoms with Gasteiger partial charge in [0.1, 0.15) is 0 Å². The van der Waals surface area contributed by atoms with E-state index in [1.54, 1.807) is 7.05 Å². The zero-order valence-corrected chi connectivity index (χ0v) is 12.8. The lowest BCUT2D eigenvalue weighted by molar-refractivity contribution is -0.141. The van der Waals surface area contributed by atoms with E-state index < -0.39 is 0 Å². The molecule has 0 saturated carbocycles. The van der Waals surface area contributed by atoms with Crippen molar-refractivity contribution in [1.82, 2.24) is 20.0 Å². The molecule has 0 bridgehead atoms. The minimum atomic E-state index is 0.0884. The average molecular weight is 292 g/mol. The van der Waals surface area contributed by atoms with Crippen molar-refractivity contribution in [3.05, 3.63) is 18.0 Å². The highest BCUT2D eigenvalue weighted by atomic mass is 16.5. The Balaban J connectivity index is 1.66. The van der Waals surface area contributed by atoms with Gasteiger partial charge in [0.2, 0.25) is 5.91 Å². The zero-order chi connectivity index (χ0) is 14.8. The zero-order valence-electron chi connectivity index (χ0n) is 12.8. The number of amides is 1. The molecule has 0 aliphatic carbocycles. The van der Waals surface area contributed by atoms with Crippen molar-refractivity contribution in [3.8, 4) is 0 Å². The van der Waals surface area contributed by atoms with Gasteiger partial charge in [0, 0.05) is 63.9 Å². The first-order valence-electron chi connectivity index (χ1n) is 7.70. The average Bonchev–Trinajstić information content (AvgIpc) is 2.91. The van der Waals surface area contributed by atoms with Crippen LogP contribution in [-0.2, 0) is 23.1 Å². The van der Waals surface area contributed by atoms with Crippen molar-refractivity contribution in [2.75, 3.05) is 26.7 Å². The Morgan fingerprint density at radius 1 is 1.52 bits per heavy atom. The highest BCUT2D eigenvalue weighted by molar-refractivity contribution is 5.78. The van der Waals surface area contributed by atoms with Crippen LogP contribution >= 0.6 is 0 Å². The third-order valence-corrected chi connectivity index (χ3v) is 4.70. The van der Waals surface area contributed by atoms with Crippen LogP contribution in [0.5, 0.6) is 0 Å². The van der Waals surface area contributed by atoms with Gasteiger partial charge in [-0.3, -0.25) is 14.4 Å². The normalized spacial score (nSPS) is 29.9. The van der Waals surface area contributed by atoms with E-state index in [9.17, 15) is 4.79 Å². The Hall–Kier alpha value is -1.40. The summed E-state index contributed by atoms with van der Waals surface area (Å²) in [6, 6.07) is 0. The maximum atomic E-state index is 12.1. The summed E-state index contributed by atoms with van der Waals surface area (Å²) in [5.41, 5.74) is 1.23. The molecule has 3 atom stereocenters. The van der Waals surface area contributed by atoms with Crippen LogP contribution in [0.1, 0.15) is 18.4 Å². The van der Waals surface area contributed by atoms with Gasteiger partial charge < -0.3 is 10.1 Å². The Kier molecular flexibility index (Phi) is 4.26. The number of carbonyl (C=O) groups excluding carboxylic acids is 1. The first-order chi connectivity index (χ1) is 10.2. The second kappa shape index (κ2) is 6.15. The molecule has 2 saturated heterocycles. The van der Waals surface area contributed by atoms with Gasteiger partial charge in [0.15, 0.2) is 0 Å². The molecule has 1 N–H and O–H groups in total.